The second kappa shape index (κ2) is 5.87. The molecule has 2 aliphatic rings. The van der Waals surface area contributed by atoms with E-state index in [0.717, 1.165) is 5.56 Å². The lowest BCUT2D eigenvalue weighted by Gasteiger charge is -2.23. The average Bonchev–Trinajstić information content (AvgIpc) is 3.13. The number of rotatable bonds is 3. The number of fused-ring (bicyclic) bond motifs is 2. The second-order valence-electron chi connectivity index (χ2n) is 6.15. The first-order valence-electron chi connectivity index (χ1n) is 7.55. The molecule has 0 unspecified atom stereocenters. The SMILES string of the molecule is Cc1ccc(C(=O)NNC(=O)[C@H]2[C@@H](C(=O)O)[C@H]3C=C[C@H]2C3)cc1. The first-order valence-corrected chi connectivity index (χ1v) is 7.55. The summed E-state index contributed by atoms with van der Waals surface area (Å²) in [5.74, 6) is -3.37. The van der Waals surface area contributed by atoms with Crippen LogP contribution in [0.25, 0.3) is 0 Å². The maximum atomic E-state index is 12.3. The van der Waals surface area contributed by atoms with E-state index in [4.69, 9.17) is 0 Å². The van der Waals surface area contributed by atoms with Gasteiger partial charge in [0.05, 0.1) is 11.8 Å². The lowest BCUT2D eigenvalue weighted by molar-refractivity contribution is -0.148. The molecule has 6 heteroatoms. The van der Waals surface area contributed by atoms with Crippen LogP contribution in [0.4, 0.5) is 0 Å². The number of amides is 2. The van der Waals surface area contributed by atoms with Crippen molar-refractivity contribution >= 4 is 17.8 Å². The number of hydrazine groups is 1. The van der Waals surface area contributed by atoms with Gasteiger partial charge in [-0.1, -0.05) is 29.8 Å². The van der Waals surface area contributed by atoms with Crippen molar-refractivity contribution in [1.82, 2.24) is 10.9 Å². The fourth-order valence-corrected chi connectivity index (χ4v) is 3.50. The molecule has 2 bridgehead atoms. The van der Waals surface area contributed by atoms with Crippen molar-refractivity contribution in [2.75, 3.05) is 0 Å². The molecule has 0 heterocycles. The molecule has 0 radical (unpaired) electrons. The molecule has 1 fully saturated rings. The predicted octanol–water partition coefficient (Wildman–Crippen LogP) is 1.28. The van der Waals surface area contributed by atoms with E-state index in [1.165, 1.54) is 0 Å². The van der Waals surface area contributed by atoms with Crippen LogP contribution in [-0.4, -0.2) is 22.9 Å². The number of carbonyl (C=O) groups is 3. The van der Waals surface area contributed by atoms with Crippen molar-refractivity contribution in [2.45, 2.75) is 13.3 Å². The zero-order valence-electron chi connectivity index (χ0n) is 12.7. The maximum absolute atomic E-state index is 12.3. The largest absolute Gasteiger partial charge is 0.481 e. The number of hydrogen-bond acceptors (Lipinski definition) is 3. The molecule has 2 amide bonds. The van der Waals surface area contributed by atoms with Crippen molar-refractivity contribution in [3.05, 3.63) is 47.5 Å². The van der Waals surface area contributed by atoms with Gasteiger partial charge in [-0.3, -0.25) is 25.2 Å². The molecule has 2 aliphatic carbocycles. The zero-order valence-corrected chi connectivity index (χ0v) is 12.7. The molecule has 0 saturated heterocycles. The van der Waals surface area contributed by atoms with Gasteiger partial charge in [0.15, 0.2) is 0 Å². The molecular weight excluding hydrogens is 296 g/mol. The molecule has 23 heavy (non-hydrogen) atoms. The van der Waals surface area contributed by atoms with E-state index in [-0.39, 0.29) is 11.8 Å². The molecule has 1 aromatic carbocycles. The zero-order chi connectivity index (χ0) is 16.6. The van der Waals surface area contributed by atoms with Crippen LogP contribution in [0.3, 0.4) is 0 Å². The minimum absolute atomic E-state index is 0.0719. The number of carboxylic acid groups (broad SMARTS) is 1. The van der Waals surface area contributed by atoms with Crippen LogP contribution >= 0.6 is 0 Å². The quantitative estimate of drug-likeness (QED) is 0.578. The minimum Gasteiger partial charge on any atom is -0.481 e. The summed E-state index contributed by atoms with van der Waals surface area (Å²) in [5, 5.41) is 9.33. The number of aryl methyl sites for hydroxylation is 1. The maximum Gasteiger partial charge on any atom is 0.307 e. The molecule has 3 rings (SSSR count). The fraction of sp³-hybridized carbons (Fsp3) is 0.353. The highest BCUT2D eigenvalue weighted by Crippen LogP contribution is 2.48. The van der Waals surface area contributed by atoms with Crippen molar-refractivity contribution in [3.63, 3.8) is 0 Å². The van der Waals surface area contributed by atoms with E-state index in [9.17, 15) is 19.5 Å². The number of aliphatic carboxylic acids is 1. The summed E-state index contributed by atoms with van der Waals surface area (Å²) in [6, 6.07) is 6.93. The smallest absolute Gasteiger partial charge is 0.307 e. The summed E-state index contributed by atoms with van der Waals surface area (Å²) in [6.07, 6.45) is 4.45. The van der Waals surface area contributed by atoms with Crippen molar-refractivity contribution < 1.29 is 19.5 Å². The van der Waals surface area contributed by atoms with Gasteiger partial charge < -0.3 is 5.11 Å². The van der Waals surface area contributed by atoms with E-state index >= 15 is 0 Å². The standard InChI is InChI=1S/C17H18N2O4/c1-9-2-4-10(5-3-9)15(20)18-19-16(21)13-11-6-7-12(8-11)14(13)17(22)23/h2-7,11-14H,8H2,1H3,(H,18,20)(H,19,21)(H,22,23)/t11-,12-,13+,14-/m0/s1. The normalized spacial score (nSPS) is 27.7. The van der Waals surface area contributed by atoms with Crippen LogP contribution in [-0.2, 0) is 9.59 Å². The molecule has 1 aromatic rings. The Morgan fingerprint density at radius 3 is 2.22 bits per heavy atom. The van der Waals surface area contributed by atoms with Crippen LogP contribution in [0.1, 0.15) is 22.3 Å². The molecule has 3 N–H and O–H groups in total. The van der Waals surface area contributed by atoms with Crippen LogP contribution in [0.15, 0.2) is 36.4 Å². The fourth-order valence-electron chi connectivity index (χ4n) is 3.50. The predicted molar refractivity (Wildman–Crippen MR) is 82.1 cm³/mol. The monoisotopic (exact) mass is 314 g/mol. The van der Waals surface area contributed by atoms with Gasteiger partial charge >= 0.3 is 5.97 Å². The van der Waals surface area contributed by atoms with Gasteiger partial charge in [-0.2, -0.15) is 0 Å². The third-order valence-electron chi connectivity index (χ3n) is 4.66. The Morgan fingerprint density at radius 2 is 1.61 bits per heavy atom. The summed E-state index contributed by atoms with van der Waals surface area (Å²) in [7, 11) is 0. The summed E-state index contributed by atoms with van der Waals surface area (Å²) in [5.41, 5.74) is 6.19. The van der Waals surface area contributed by atoms with Crippen molar-refractivity contribution in [3.8, 4) is 0 Å². The summed E-state index contributed by atoms with van der Waals surface area (Å²) in [6.45, 7) is 1.91. The van der Waals surface area contributed by atoms with E-state index < -0.39 is 29.6 Å². The van der Waals surface area contributed by atoms with E-state index in [1.807, 2.05) is 19.1 Å². The van der Waals surface area contributed by atoms with Gasteiger partial charge in [-0.25, -0.2) is 0 Å². The summed E-state index contributed by atoms with van der Waals surface area (Å²) in [4.78, 5) is 35.7. The number of carboxylic acids is 1. The second-order valence-corrected chi connectivity index (χ2v) is 6.15. The van der Waals surface area contributed by atoms with E-state index in [2.05, 4.69) is 10.9 Å². The molecule has 6 nitrogen and oxygen atoms in total. The highest BCUT2D eigenvalue weighted by atomic mass is 16.4. The lowest BCUT2D eigenvalue weighted by Crippen LogP contribution is -2.48. The van der Waals surface area contributed by atoms with Crippen LogP contribution in [0.5, 0.6) is 0 Å². The lowest BCUT2D eigenvalue weighted by atomic mass is 9.82. The Kier molecular flexibility index (Phi) is 3.90. The highest BCUT2D eigenvalue weighted by molar-refractivity contribution is 5.96. The van der Waals surface area contributed by atoms with Gasteiger partial charge in [0.1, 0.15) is 0 Å². The van der Waals surface area contributed by atoms with Crippen LogP contribution < -0.4 is 10.9 Å². The molecule has 0 spiro atoms. The topological polar surface area (TPSA) is 95.5 Å². The number of hydrogen-bond donors (Lipinski definition) is 3. The van der Waals surface area contributed by atoms with Gasteiger partial charge in [-0.15, -0.1) is 0 Å². The minimum atomic E-state index is -0.966. The first kappa shape index (κ1) is 15.3. The summed E-state index contributed by atoms with van der Waals surface area (Å²) < 4.78 is 0. The van der Waals surface area contributed by atoms with E-state index in [1.54, 1.807) is 24.3 Å². The summed E-state index contributed by atoms with van der Waals surface area (Å²) >= 11 is 0. The highest BCUT2D eigenvalue weighted by Gasteiger charge is 2.51. The molecule has 120 valence electrons. The van der Waals surface area contributed by atoms with Crippen LogP contribution in [0.2, 0.25) is 0 Å². The Morgan fingerprint density at radius 1 is 1.00 bits per heavy atom. The Bertz CT molecular complexity index is 680. The molecule has 1 saturated carbocycles. The Balaban J connectivity index is 1.63. The van der Waals surface area contributed by atoms with Crippen molar-refractivity contribution in [1.29, 1.82) is 0 Å². The van der Waals surface area contributed by atoms with Gasteiger partial charge in [-0.05, 0) is 37.3 Å². The van der Waals surface area contributed by atoms with E-state index in [0.29, 0.717) is 12.0 Å². The molecule has 0 aromatic heterocycles. The van der Waals surface area contributed by atoms with Gasteiger partial charge in [0.25, 0.3) is 5.91 Å². The van der Waals surface area contributed by atoms with Gasteiger partial charge in [0, 0.05) is 5.56 Å². The molecule has 4 atom stereocenters. The number of carbonyl (C=O) groups excluding carboxylic acids is 2. The number of benzene rings is 1. The molecule has 0 aliphatic heterocycles. The average molecular weight is 314 g/mol. The van der Waals surface area contributed by atoms with Crippen molar-refractivity contribution in [2.24, 2.45) is 23.7 Å². The number of nitrogens with one attached hydrogen (secondary N) is 2. The number of allylic oxidation sites excluding steroid dienone is 2. The van der Waals surface area contributed by atoms with Gasteiger partial charge in [0.2, 0.25) is 5.91 Å². The first-order chi connectivity index (χ1) is 11.0. The van der Waals surface area contributed by atoms with Crippen LogP contribution in [0, 0.1) is 30.6 Å². The Hall–Kier alpha value is -2.63. The third kappa shape index (κ3) is 2.84. The Labute approximate surface area is 133 Å². The molecular formula is C17H18N2O4. The third-order valence-corrected chi connectivity index (χ3v) is 4.66.